The van der Waals surface area contributed by atoms with E-state index < -0.39 is 4.92 Å². The van der Waals surface area contributed by atoms with Crippen molar-refractivity contribution in [3.8, 4) is 0 Å². The molecule has 0 N–H and O–H groups in total. The van der Waals surface area contributed by atoms with Crippen molar-refractivity contribution in [2.75, 3.05) is 0 Å². The fourth-order valence-corrected chi connectivity index (χ4v) is 1.70. The molecule has 0 fully saturated rings. The Bertz CT molecular complexity index is 427. The third kappa shape index (κ3) is 3.55. The molecule has 18 heavy (non-hydrogen) atoms. The first-order valence-electron chi connectivity index (χ1n) is 5.99. The molecule has 5 nitrogen and oxygen atoms in total. The van der Waals surface area contributed by atoms with Crippen LogP contribution in [-0.4, -0.2) is 10.9 Å². The van der Waals surface area contributed by atoms with Gasteiger partial charge in [-0.1, -0.05) is 26.0 Å². The van der Waals surface area contributed by atoms with Gasteiger partial charge in [-0.2, -0.15) is 0 Å². The standard InChI is InChI=1S/C13H17NO4/c1-3-10(4-2)13(15)18-9-11-7-5-6-8-12(11)14(16)17/h5-8,10H,3-4,9H2,1-2H3. The Hall–Kier alpha value is -1.91. The lowest BCUT2D eigenvalue weighted by atomic mass is 10.0. The summed E-state index contributed by atoms with van der Waals surface area (Å²) in [6.07, 6.45) is 1.43. The highest BCUT2D eigenvalue weighted by Crippen LogP contribution is 2.19. The molecular weight excluding hydrogens is 234 g/mol. The van der Waals surface area contributed by atoms with Crippen molar-refractivity contribution in [1.29, 1.82) is 0 Å². The van der Waals surface area contributed by atoms with Crippen molar-refractivity contribution in [3.05, 3.63) is 39.9 Å². The van der Waals surface area contributed by atoms with Gasteiger partial charge in [-0.15, -0.1) is 0 Å². The monoisotopic (exact) mass is 251 g/mol. The quantitative estimate of drug-likeness (QED) is 0.442. The minimum atomic E-state index is -0.472. The topological polar surface area (TPSA) is 69.4 Å². The van der Waals surface area contributed by atoms with Crippen LogP contribution in [0, 0.1) is 16.0 Å². The molecule has 0 aliphatic carbocycles. The van der Waals surface area contributed by atoms with Gasteiger partial charge in [0.15, 0.2) is 0 Å². The molecule has 0 saturated heterocycles. The third-order valence-corrected chi connectivity index (χ3v) is 2.88. The van der Waals surface area contributed by atoms with Crippen LogP contribution in [0.5, 0.6) is 0 Å². The van der Waals surface area contributed by atoms with E-state index in [1.807, 2.05) is 13.8 Å². The Labute approximate surface area is 106 Å². The fraction of sp³-hybridized carbons (Fsp3) is 0.462. The second-order valence-corrected chi connectivity index (χ2v) is 4.01. The molecule has 0 spiro atoms. The number of carbonyl (C=O) groups is 1. The van der Waals surface area contributed by atoms with Gasteiger partial charge in [-0.3, -0.25) is 14.9 Å². The van der Waals surface area contributed by atoms with Gasteiger partial charge in [0.2, 0.25) is 0 Å². The summed E-state index contributed by atoms with van der Waals surface area (Å²) in [5.74, 6) is -0.425. The Morgan fingerprint density at radius 2 is 1.94 bits per heavy atom. The number of hydrogen-bond donors (Lipinski definition) is 0. The zero-order chi connectivity index (χ0) is 13.5. The van der Waals surface area contributed by atoms with Crippen LogP contribution in [0.25, 0.3) is 0 Å². The Morgan fingerprint density at radius 3 is 2.50 bits per heavy atom. The van der Waals surface area contributed by atoms with Gasteiger partial charge in [-0.05, 0) is 18.9 Å². The van der Waals surface area contributed by atoms with Crippen LogP contribution in [0.15, 0.2) is 24.3 Å². The van der Waals surface area contributed by atoms with Gasteiger partial charge in [0.05, 0.1) is 16.4 Å². The first-order chi connectivity index (χ1) is 8.60. The van der Waals surface area contributed by atoms with E-state index in [2.05, 4.69) is 0 Å². The molecule has 0 saturated carbocycles. The number of ether oxygens (including phenoxy) is 1. The molecular formula is C13H17NO4. The van der Waals surface area contributed by atoms with E-state index in [-0.39, 0.29) is 24.2 Å². The van der Waals surface area contributed by atoms with E-state index >= 15 is 0 Å². The molecule has 0 aliphatic rings. The van der Waals surface area contributed by atoms with E-state index in [0.717, 1.165) is 0 Å². The summed E-state index contributed by atoms with van der Waals surface area (Å²) in [6, 6.07) is 6.27. The lowest BCUT2D eigenvalue weighted by Crippen LogP contribution is -2.16. The van der Waals surface area contributed by atoms with E-state index in [4.69, 9.17) is 4.74 Å². The minimum Gasteiger partial charge on any atom is -0.460 e. The van der Waals surface area contributed by atoms with Crippen LogP contribution in [0.2, 0.25) is 0 Å². The molecule has 1 aromatic carbocycles. The maximum absolute atomic E-state index is 11.7. The summed E-state index contributed by atoms with van der Waals surface area (Å²) in [4.78, 5) is 22.0. The Kier molecular flexibility index (Phi) is 5.30. The average molecular weight is 251 g/mol. The van der Waals surface area contributed by atoms with Crippen molar-refractivity contribution in [2.24, 2.45) is 5.92 Å². The van der Waals surface area contributed by atoms with Gasteiger partial charge in [-0.25, -0.2) is 0 Å². The predicted octanol–water partition coefficient (Wildman–Crippen LogP) is 3.07. The summed E-state index contributed by atoms with van der Waals surface area (Å²) in [5, 5.41) is 10.8. The first kappa shape index (κ1) is 14.2. The number of nitro groups is 1. The Morgan fingerprint density at radius 1 is 1.33 bits per heavy atom. The van der Waals surface area contributed by atoms with Crippen LogP contribution in [0.1, 0.15) is 32.3 Å². The van der Waals surface area contributed by atoms with Crippen LogP contribution < -0.4 is 0 Å². The van der Waals surface area contributed by atoms with Gasteiger partial charge in [0.25, 0.3) is 5.69 Å². The number of para-hydroxylation sites is 1. The van der Waals surface area contributed by atoms with Crippen LogP contribution in [0.3, 0.4) is 0 Å². The molecule has 0 radical (unpaired) electrons. The molecule has 5 heteroatoms. The fourth-order valence-electron chi connectivity index (χ4n) is 1.70. The highest BCUT2D eigenvalue weighted by Gasteiger charge is 2.18. The molecule has 0 aromatic heterocycles. The molecule has 0 unspecified atom stereocenters. The SMILES string of the molecule is CCC(CC)C(=O)OCc1ccccc1[N+](=O)[O-]. The van der Waals surface area contributed by atoms with Gasteiger partial charge >= 0.3 is 5.97 Å². The number of hydrogen-bond acceptors (Lipinski definition) is 4. The number of benzene rings is 1. The summed E-state index contributed by atoms with van der Waals surface area (Å²) in [6.45, 7) is 3.78. The lowest BCUT2D eigenvalue weighted by Gasteiger charge is -2.11. The molecule has 0 bridgehead atoms. The van der Waals surface area contributed by atoms with Gasteiger partial charge in [0.1, 0.15) is 6.61 Å². The minimum absolute atomic E-state index is 0.0187. The molecule has 0 aliphatic heterocycles. The van der Waals surface area contributed by atoms with Gasteiger partial charge < -0.3 is 4.74 Å². The summed E-state index contributed by atoms with van der Waals surface area (Å²) in [5.41, 5.74) is 0.400. The molecule has 0 heterocycles. The zero-order valence-electron chi connectivity index (χ0n) is 10.6. The number of nitrogens with zero attached hydrogens (tertiary/aromatic N) is 1. The molecule has 1 rings (SSSR count). The smallest absolute Gasteiger partial charge is 0.309 e. The maximum Gasteiger partial charge on any atom is 0.309 e. The van der Waals surface area contributed by atoms with Crippen molar-refractivity contribution >= 4 is 11.7 Å². The summed E-state index contributed by atoms with van der Waals surface area (Å²) < 4.78 is 5.12. The first-order valence-corrected chi connectivity index (χ1v) is 5.99. The summed E-state index contributed by atoms with van der Waals surface area (Å²) >= 11 is 0. The second kappa shape index (κ2) is 6.74. The van der Waals surface area contributed by atoms with Crippen molar-refractivity contribution in [2.45, 2.75) is 33.3 Å². The highest BCUT2D eigenvalue weighted by molar-refractivity contribution is 5.72. The lowest BCUT2D eigenvalue weighted by molar-refractivity contribution is -0.385. The van der Waals surface area contributed by atoms with Crippen molar-refractivity contribution in [3.63, 3.8) is 0 Å². The maximum atomic E-state index is 11.7. The molecule has 98 valence electrons. The number of carbonyl (C=O) groups excluding carboxylic acids is 1. The van der Waals surface area contributed by atoms with Crippen LogP contribution in [0.4, 0.5) is 5.69 Å². The largest absolute Gasteiger partial charge is 0.460 e. The van der Waals surface area contributed by atoms with Crippen molar-refractivity contribution in [1.82, 2.24) is 0 Å². The second-order valence-electron chi connectivity index (χ2n) is 4.01. The third-order valence-electron chi connectivity index (χ3n) is 2.88. The predicted molar refractivity (Wildman–Crippen MR) is 67.0 cm³/mol. The number of nitro benzene ring substituents is 1. The zero-order valence-corrected chi connectivity index (χ0v) is 10.6. The van der Waals surface area contributed by atoms with Gasteiger partial charge in [0, 0.05) is 6.07 Å². The van der Waals surface area contributed by atoms with E-state index in [1.165, 1.54) is 6.07 Å². The Balaban J connectivity index is 2.69. The normalized spacial score (nSPS) is 10.4. The summed E-state index contributed by atoms with van der Waals surface area (Å²) in [7, 11) is 0. The molecule has 0 amide bonds. The average Bonchev–Trinajstić information content (AvgIpc) is 2.38. The van der Waals surface area contributed by atoms with Crippen LogP contribution in [-0.2, 0) is 16.1 Å². The van der Waals surface area contributed by atoms with Crippen LogP contribution >= 0.6 is 0 Å². The molecule has 1 aromatic rings. The number of esters is 1. The number of rotatable bonds is 6. The molecule has 0 atom stereocenters. The van der Waals surface area contributed by atoms with Crippen molar-refractivity contribution < 1.29 is 14.5 Å². The van der Waals surface area contributed by atoms with E-state index in [1.54, 1.807) is 18.2 Å². The van der Waals surface area contributed by atoms with E-state index in [9.17, 15) is 14.9 Å². The highest BCUT2D eigenvalue weighted by atomic mass is 16.6. The van der Waals surface area contributed by atoms with E-state index in [0.29, 0.717) is 18.4 Å².